The van der Waals surface area contributed by atoms with Crippen molar-refractivity contribution in [2.75, 3.05) is 40.3 Å². The Balaban J connectivity index is 1.75. The molecule has 0 bridgehead atoms. The highest BCUT2D eigenvalue weighted by Crippen LogP contribution is 2.38. The molecule has 0 spiro atoms. The van der Waals surface area contributed by atoms with Gasteiger partial charge in [0.2, 0.25) is 0 Å². The molecule has 1 unspecified atom stereocenters. The summed E-state index contributed by atoms with van der Waals surface area (Å²) in [4.78, 5) is 44.8. The molecule has 2 saturated heterocycles. The van der Waals surface area contributed by atoms with E-state index in [2.05, 4.69) is 25.2 Å². The molecular formula is C26H40N4O3. The minimum atomic E-state index is -0.858. The Kier molecular flexibility index (Phi) is 7.83. The van der Waals surface area contributed by atoms with Crippen LogP contribution in [0.3, 0.4) is 0 Å². The van der Waals surface area contributed by atoms with Crippen LogP contribution in [0.15, 0.2) is 18.2 Å². The van der Waals surface area contributed by atoms with Gasteiger partial charge in [-0.25, -0.2) is 4.79 Å². The maximum absolute atomic E-state index is 13.6. The molecule has 182 valence electrons. The van der Waals surface area contributed by atoms with Crippen LogP contribution in [0.5, 0.6) is 0 Å². The molecule has 1 aromatic carbocycles. The molecule has 0 saturated carbocycles. The van der Waals surface area contributed by atoms with Gasteiger partial charge in [-0.2, -0.15) is 0 Å². The predicted molar refractivity (Wildman–Crippen MR) is 130 cm³/mol. The number of rotatable bonds is 8. The molecule has 0 aromatic heterocycles. The molecule has 2 aliphatic heterocycles. The highest BCUT2D eigenvalue weighted by Gasteiger charge is 2.55. The molecule has 2 aliphatic rings. The van der Waals surface area contributed by atoms with Crippen LogP contribution in [0, 0.1) is 25.7 Å². The second-order valence-corrected chi connectivity index (χ2v) is 10.5. The van der Waals surface area contributed by atoms with Gasteiger partial charge in [0.25, 0.3) is 11.8 Å². The van der Waals surface area contributed by atoms with Crippen LogP contribution in [0.1, 0.15) is 61.0 Å². The molecule has 33 heavy (non-hydrogen) atoms. The summed E-state index contributed by atoms with van der Waals surface area (Å²) in [6.45, 7) is 10.5. The number of piperidine rings is 1. The Hall–Kier alpha value is -2.41. The van der Waals surface area contributed by atoms with E-state index in [1.807, 2.05) is 49.9 Å². The van der Waals surface area contributed by atoms with Gasteiger partial charge in [0, 0.05) is 31.7 Å². The topological polar surface area (TPSA) is 73.0 Å². The summed E-state index contributed by atoms with van der Waals surface area (Å²) in [5.74, 6) is 0.425. The van der Waals surface area contributed by atoms with Crippen LogP contribution >= 0.6 is 0 Å². The summed E-state index contributed by atoms with van der Waals surface area (Å²) < 4.78 is 0. The van der Waals surface area contributed by atoms with E-state index >= 15 is 0 Å². The summed E-state index contributed by atoms with van der Waals surface area (Å²) >= 11 is 0. The number of aryl methyl sites for hydroxylation is 2. The fourth-order valence-electron chi connectivity index (χ4n) is 5.17. The van der Waals surface area contributed by atoms with Crippen molar-refractivity contribution in [1.29, 1.82) is 0 Å². The van der Waals surface area contributed by atoms with Crippen molar-refractivity contribution < 1.29 is 14.4 Å². The zero-order chi connectivity index (χ0) is 24.3. The molecule has 0 radical (unpaired) electrons. The van der Waals surface area contributed by atoms with Crippen LogP contribution in [0.25, 0.3) is 0 Å². The van der Waals surface area contributed by atoms with Gasteiger partial charge < -0.3 is 15.1 Å². The molecule has 3 rings (SSSR count). The fourth-order valence-corrected chi connectivity index (χ4v) is 5.17. The Morgan fingerprint density at radius 1 is 1.12 bits per heavy atom. The van der Waals surface area contributed by atoms with Gasteiger partial charge in [0.15, 0.2) is 0 Å². The van der Waals surface area contributed by atoms with Crippen molar-refractivity contribution >= 4 is 17.8 Å². The van der Waals surface area contributed by atoms with Gasteiger partial charge >= 0.3 is 6.03 Å². The van der Waals surface area contributed by atoms with Crippen LogP contribution < -0.4 is 5.32 Å². The SMILES string of the molecule is Cc1cc(C)cc(C(=O)N2CCC(C3(CCC(C)C)NC(=O)N(CCN(C)C)C3=O)CC2)c1. The van der Waals surface area contributed by atoms with Gasteiger partial charge in [0.1, 0.15) is 5.54 Å². The van der Waals surface area contributed by atoms with Crippen LogP contribution in [0.2, 0.25) is 0 Å². The molecule has 2 heterocycles. The van der Waals surface area contributed by atoms with E-state index < -0.39 is 5.54 Å². The summed E-state index contributed by atoms with van der Waals surface area (Å²) in [6, 6.07) is 5.67. The number of likely N-dealkylation sites (tertiary alicyclic amines) is 1. The maximum atomic E-state index is 13.6. The normalized spacial score (nSPS) is 21.9. The first-order valence-electron chi connectivity index (χ1n) is 12.2. The van der Waals surface area contributed by atoms with E-state index in [4.69, 9.17) is 0 Å². The van der Waals surface area contributed by atoms with Crippen molar-refractivity contribution in [1.82, 2.24) is 20.0 Å². The number of imide groups is 1. The molecule has 2 fully saturated rings. The number of carbonyl (C=O) groups excluding carboxylic acids is 3. The summed E-state index contributed by atoms with van der Waals surface area (Å²) in [6.07, 6.45) is 2.93. The van der Waals surface area contributed by atoms with Crippen LogP contribution in [-0.4, -0.2) is 78.4 Å². The number of hydrogen-bond acceptors (Lipinski definition) is 4. The second kappa shape index (κ2) is 10.2. The molecule has 7 heteroatoms. The van der Waals surface area contributed by atoms with Gasteiger partial charge in [-0.1, -0.05) is 31.0 Å². The van der Waals surface area contributed by atoms with E-state index in [1.54, 1.807) is 0 Å². The lowest BCUT2D eigenvalue weighted by Crippen LogP contribution is -2.56. The maximum Gasteiger partial charge on any atom is 0.325 e. The average Bonchev–Trinajstić information content (AvgIpc) is 2.99. The van der Waals surface area contributed by atoms with Gasteiger partial charge in [-0.15, -0.1) is 0 Å². The molecule has 1 aromatic rings. The number of likely N-dealkylation sites (N-methyl/N-ethyl adjacent to an activating group) is 1. The number of urea groups is 1. The smallest absolute Gasteiger partial charge is 0.325 e. The van der Waals surface area contributed by atoms with Gasteiger partial charge in [-0.3, -0.25) is 14.5 Å². The number of benzene rings is 1. The Bertz CT molecular complexity index is 869. The van der Waals surface area contributed by atoms with E-state index in [-0.39, 0.29) is 23.8 Å². The van der Waals surface area contributed by atoms with E-state index in [0.717, 1.165) is 23.1 Å². The van der Waals surface area contributed by atoms with Crippen molar-refractivity contribution in [3.05, 3.63) is 34.9 Å². The van der Waals surface area contributed by atoms with Gasteiger partial charge in [-0.05, 0) is 77.6 Å². The monoisotopic (exact) mass is 456 g/mol. The Labute approximate surface area is 198 Å². The van der Waals surface area contributed by atoms with E-state index in [1.165, 1.54) is 4.90 Å². The minimum absolute atomic E-state index is 0.0281. The lowest BCUT2D eigenvalue weighted by Gasteiger charge is -2.41. The molecule has 7 nitrogen and oxygen atoms in total. The van der Waals surface area contributed by atoms with Crippen molar-refractivity contribution in [3.8, 4) is 0 Å². The summed E-state index contributed by atoms with van der Waals surface area (Å²) in [7, 11) is 3.87. The average molecular weight is 457 g/mol. The molecule has 1 N–H and O–H groups in total. The standard InChI is InChI=1S/C26H40N4O3/c1-18(2)7-10-26(24(32)30(25(33)27-26)14-13-28(5)6)22-8-11-29(12-9-22)23(31)21-16-19(3)15-20(4)17-21/h15-18,22H,7-14H2,1-6H3,(H,27,33). The lowest BCUT2D eigenvalue weighted by atomic mass is 9.73. The third-order valence-electron chi connectivity index (χ3n) is 7.04. The third kappa shape index (κ3) is 5.57. The first-order chi connectivity index (χ1) is 15.5. The molecule has 1 atom stereocenters. The number of nitrogens with zero attached hydrogens (tertiary/aromatic N) is 3. The predicted octanol–water partition coefficient (Wildman–Crippen LogP) is 3.44. The number of carbonyl (C=O) groups is 3. The third-order valence-corrected chi connectivity index (χ3v) is 7.04. The second-order valence-electron chi connectivity index (χ2n) is 10.5. The first-order valence-corrected chi connectivity index (χ1v) is 12.2. The van der Waals surface area contributed by atoms with Crippen molar-refractivity contribution in [2.45, 2.75) is 58.9 Å². The highest BCUT2D eigenvalue weighted by atomic mass is 16.2. The Morgan fingerprint density at radius 2 is 1.73 bits per heavy atom. The molecule has 0 aliphatic carbocycles. The first kappa shape index (κ1) is 25.2. The summed E-state index contributed by atoms with van der Waals surface area (Å²) in [5.41, 5.74) is 2.03. The van der Waals surface area contributed by atoms with Crippen LogP contribution in [0.4, 0.5) is 4.79 Å². The number of nitrogens with one attached hydrogen (secondary N) is 1. The van der Waals surface area contributed by atoms with Gasteiger partial charge in [0.05, 0.1) is 0 Å². The highest BCUT2D eigenvalue weighted by molar-refractivity contribution is 6.07. The summed E-state index contributed by atoms with van der Waals surface area (Å²) in [5, 5.41) is 3.12. The quantitative estimate of drug-likeness (QED) is 0.608. The fraction of sp³-hybridized carbons (Fsp3) is 0.654. The minimum Gasteiger partial charge on any atom is -0.339 e. The van der Waals surface area contributed by atoms with E-state index in [9.17, 15) is 14.4 Å². The number of hydrogen-bond donors (Lipinski definition) is 1. The zero-order valence-corrected chi connectivity index (χ0v) is 21.1. The largest absolute Gasteiger partial charge is 0.339 e. The van der Waals surface area contributed by atoms with Crippen molar-refractivity contribution in [3.63, 3.8) is 0 Å². The molecule has 4 amide bonds. The molecular weight excluding hydrogens is 416 g/mol. The van der Waals surface area contributed by atoms with Crippen molar-refractivity contribution in [2.24, 2.45) is 11.8 Å². The van der Waals surface area contributed by atoms with Crippen LogP contribution in [-0.2, 0) is 4.79 Å². The lowest BCUT2D eigenvalue weighted by molar-refractivity contribution is -0.134. The number of amides is 4. The Morgan fingerprint density at radius 3 is 2.27 bits per heavy atom. The zero-order valence-electron chi connectivity index (χ0n) is 21.1. The van der Waals surface area contributed by atoms with E-state index in [0.29, 0.717) is 51.4 Å².